The second kappa shape index (κ2) is 2.99. The molecule has 0 spiro atoms. The van der Waals surface area contributed by atoms with Crippen molar-refractivity contribution in [1.82, 2.24) is 4.31 Å². The molecule has 1 heterocycles. The van der Waals surface area contributed by atoms with E-state index in [1.165, 1.54) is 12.1 Å². The fourth-order valence-corrected chi connectivity index (χ4v) is 2.08. The van der Waals surface area contributed by atoms with Crippen molar-refractivity contribution < 1.29 is 16.7 Å². The second-order valence-corrected chi connectivity index (χ2v) is 4.43. The number of benzene rings is 1. The molecule has 0 aliphatic carbocycles. The van der Waals surface area contributed by atoms with E-state index in [2.05, 4.69) is 0 Å². The van der Waals surface area contributed by atoms with Crippen LogP contribution in [0.1, 0.15) is 11.1 Å². The van der Waals surface area contributed by atoms with Crippen LogP contribution in [0.4, 0.5) is 8.28 Å². The summed E-state index contributed by atoms with van der Waals surface area (Å²) in [7, 11) is -4.72. The summed E-state index contributed by atoms with van der Waals surface area (Å²) < 4.78 is 47.4. The van der Waals surface area contributed by atoms with Crippen LogP contribution in [0.3, 0.4) is 0 Å². The van der Waals surface area contributed by atoms with Crippen molar-refractivity contribution in [2.45, 2.75) is 13.1 Å². The Labute approximate surface area is 80.3 Å². The van der Waals surface area contributed by atoms with Crippen LogP contribution in [0.25, 0.3) is 0 Å². The van der Waals surface area contributed by atoms with Crippen molar-refractivity contribution in [2.75, 3.05) is 0 Å². The average molecular weight is 219 g/mol. The van der Waals surface area contributed by atoms with Gasteiger partial charge in [-0.1, -0.05) is 16.0 Å². The molecular weight excluding hydrogens is 212 g/mol. The molecule has 0 amide bonds. The van der Waals surface area contributed by atoms with E-state index in [4.69, 9.17) is 0 Å². The fourth-order valence-electron chi connectivity index (χ4n) is 1.50. The molecule has 0 radical (unpaired) electrons. The molecule has 1 aromatic carbocycles. The van der Waals surface area contributed by atoms with Gasteiger partial charge >= 0.3 is 10.4 Å². The van der Waals surface area contributed by atoms with E-state index < -0.39 is 16.2 Å². The molecule has 0 fully saturated rings. The van der Waals surface area contributed by atoms with E-state index in [-0.39, 0.29) is 18.7 Å². The highest BCUT2D eigenvalue weighted by Gasteiger charge is 2.30. The van der Waals surface area contributed by atoms with Gasteiger partial charge in [-0.05, 0) is 11.6 Å². The molecule has 1 aromatic rings. The third-order valence-corrected chi connectivity index (χ3v) is 3.08. The molecule has 0 aromatic heterocycles. The number of hydrogen-bond acceptors (Lipinski definition) is 2. The van der Waals surface area contributed by atoms with Gasteiger partial charge in [0.1, 0.15) is 5.82 Å². The quantitative estimate of drug-likeness (QED) is 0.669. The van der Waals surface area contributed by atoms with E-state index in [0.717, 1.165) is 0 Å². The Kier molecular flexibility index (Phi) is 2.04. The monoisotopic (exact) mass is 219 g/mol. The Balaban J connectivity index is 2.40. The van der Waals surface area contributed by atoms with E-state index in [0.29, 0.717) is 9.87 Å². The summed E-state index contributed by atoms with van der Waals surface area (Å²) in [5.74, 6) is -0.492. The van der Waals surface area contributed by atoms with Gasteiger partial charge in [-0.2, -0.15) is 12.7 Å². The second-order valence-electron chi connectivity index (χ2n) is 3.09. The van der Waals surface area contributed by atoms with Gasteiger partial charge in [-0.3, -0.25) is 0 Å². The standard InChI is InChI=1S/C8H7F2NO2S/c9-8-3-1-2-6-4-11(5-7(6)8)14(10,12)13/h1-3H,4-5H2. The molecule has 3 nitrogen and oxygen atoms in total. The first-order chi connectivity index (χ1) is 6.48. The molecule has 0 bridgehead atoms. The zero-order valence-electron chi connectivity index (χ0n) is 7.07. The maximum absolute atomic E-state index is 13.1. The Bertz CT molecular complexity index is 472. The highest BCUT2D eigenvalue weighted by atomic mass is 32.3. The Hall–Kier alpha value is -1.01. The molecular formula is C8H7F2NO2S. The van der Waals surface area contributed by atoms with Crippen molar-refractivity contribution in [3.63, 3.8) is 0 Å². The summed E-state index contributed by atoms with van der Waals surface area (Å²) >= 11 is 0. The molecule has 0 N–H and O–H groups in total. The minimum atomic E-state index is -4.72. The summed E-state index contributed by atoms with van der Waals surface area (Å²) in [4.78, 5) is 0. The van der Waals surface area contributed by atoms with E-state index in [1.807, 2.05) is 0 Å². The third-order valence-electron chi connectivity index (χ3n) is 2.21. The normalized spacial score (nSPS) is 17.0. The van der Waals surface area contributed by atoms with Crippen molar-refractivity contribution in [3.8, 4) is 0 Å². The van der Waals surface area contributed by atoms with Gasteiger partial charge in [0.2, 0.25) is 0 Å². The van der Waals surface area contributed by atoms with Crippen LogP contribution in [-0.4, -0.2) is 12.7 Å². The molecule has 1 aliphatic heterocycles. The van der Waals surface area contributed by atoms with Crippen LogP contribution < -0.4 is 0 Å². The fraction of sp³-hybridized carbons (Fsp3) is 0.250. The zero-order chi connectivity index (χ0) is 10.3. The first-order valence-corrected chi connectivity index (χ1v) is 5.28. The van der Waals surface area contributed by atoms with Crippen LogP contribution in [-0.2, 0) is 23.5 Å². The number of nitrogens with zero attached hydrogens (tertiary/aromatic N) is 1. The summed E-state index contributed by atoms with van der Waals surface area (Å²) in [5.41, 5.74) is 0.778. The van der Waals surface area contributed by atoms with Gasteiger partial charge < -0.3 is 0 Å². The van der Waals surface area contributed by atoms with Crippen molar-refractivity contribution >= 4 is 10.4 Å². The molecule has 2 rings (SSSR count). The van der Waals surface area contributed by atoms with Crippen LogP contribution in [0.5, 0.6) is 0 Å². The van der Waals surface area contributed by atoms with Crippen LogP contribution in [0.15, 0.2) is 18.2 Å². The molecule has 0 atom stereocenters. The molecule has 0 saturated heterocycles. The van der Waals surface area contributed by atoms with Gasteiger partial charge in [0, 0.05) is 18.7 Å². The first-order valence-electron chi connectivity index (χ1n) is 3.94. The maximum atomic E-state index is 13.1. The molecule has 0 saturated carbocycles. The van der Waals surface area contributed by atoms with Gasteiger partial charge in [0.05, 0.1) is 0 Å². The van der Waals surface area contributed by atoms with Gasteiger partial charge in [0.25, 0.3) is 0 Å². The zero-order valence-corrected chi connectivity index (χ0v) is 7.89. The minimum absolute atomic E-state index is 0.0913. The summed E-state index contributed by atoms with van der Waals surface area (Å²) in [6, 6.07) is 4.29. The van der Waals surface area contributed by atoms with Gasteiger partial charge in [-0.15, -0.1) is 0 Å². The van der Waals surface area contributed by atoms with Crippen LogP contribution in [0.2, 0.25) is 0 Å². The van der Waals surface area contributed by atoms with Crippen molar-refractivity contribution in [2.24, 2.45) is 0 Å². The lowest BCUT2D eigenvalue weighted by molar-refractivity contribution is 0.397. The highest BCUT2D eigenvalue weighted by Crippen LogP contribution is 2.27. The minimum Gasteiger partial charge on any atom is -0.207 e. The molecule has 0 unspecified atom stereocenters. The number of fused-ring (bicyclic) bond motifs is 1. The van der Waals surface area contributed by atoms with Gasteiger partial charge in [0.15, 0.2) is 0 Å². The Morgan fingerprint density at radius 2 is 2.00 bits per heavy atom. The number of halogens is 2. The largest absolute Gasteiger partial charge is 0.375 e. The molecule has 6 heteroatoms. The predicted molar refractivity (Wildman–Crippen MR) is 45.7 cm³/mol. The Morgan fingerprint density at radius 1 is 1.29 bits per heavy atom. The lowest BCUT2D eigenvalue weighted by Gasteiger charge is -2.06. The number of rotatable bonds is 1. The summed E-state index contributed by atoms with van der Waals surface area (Å²) in [6.07, 6.45) is 0. The third kappa shape index (κ3) is 1.51. The summed E-state index contributed by atoms with van der Waals surface area (Å²) in [6.45, 7) is -0.313. The highest BCUT2D eigenvalue weighted by molar-refractivity contribution is 7.83. The molecule has 1 aliphatic rings. The SMILES string of the molecule is O=S(=O)(F)N1Cc2cccc(F)c2C1. The van der Waals surface area contributed by atoms with Crippen LogP contribution >= 0.6 is 0 Å². The van der Waals surface area contributed by atoms with Crippen molar-refractivity contribution in [1.29, 1.82) is 0 Å². The van der Waals surface area contributed by atoms with E-state index in [1.54, 1.807) is 6.07 Å². The lowest BCUT2D eigenvalue weighted by Crippen LogP contribution is -2.21. The van der Waals surface area contributed by atoms with E-state index in [9.17, 15) is 16.7 Å². The first kappa shape index (κ1) is 9.54. The molecule has 76 valence electrons. The maximum Gasteiger partial charge on any atom is 0.375 e. The van der Waals surface area contributed by atoms with Gasteiger partial charge in [-0.25, -0.2) is 4.39 Å². The smallest absolute Gasteiger partial charge is 0.207 e. The predicted octanol–water partition coefficient (Wildman–Crippen LogP) is 1.36. The Morgan fingerprint density at radius 3 is 2.57 bits per heavy atom. The number of hydrogen-bond donors (Lipinski definition) is 0. The summed E-state index contributed by atoms with van der Waals surface area (Å²) in [5, 5.41) is 0. The topological polar surface area (TPSA) is 37.4 Å². The van der Waals surface area contributed by atoms with E-state index >= 15 is 0 Å². The average Bonchev–Trinajstić information content (AvgIpc) is 2.48. The molecule has 14 heavy (non-hydrogen) atoms. The van der Waals surface area contributed by atoms with Crippen LogP contribution in [0, 0.1) is 5.82 Å². The lowest BCUT2D eigenvalue weighted by atomic mass is 10.1. The van der Waals surface area contributed by atoms with Crippen molar-refractivity contribution in [3.05, 3.63) is 35.1 Å².